The average molecular weight is 300 g/mol. The highest BCUT2D eigenvalue weighted by Gasteiger charge is 2.06. The van der Waals surface area contributed by atoms with Crippen LogP contribution in [0.15, 0.2) is 47.4 Å². The number of carbonyl (C=O) groups is 2. The zero-order chi connectivity index (χ0) is 15.2. The summed E-state index contributed by atoms with van der Waals surface area (Å²) in [6.45, 7) is 3.21. The van der Waals surface area contributed by atoms with Gasteiger partial charge in [-0.3, -0.25) is 9.59 Å². The molecule has 2 N–H and O–H groups in total. The molecule has 5 heteroatoms. The minimum atomic E-state index is -0.164. The molecule has 2 aromatic rings. The fourth-order valence-electron chi connectivity index (χ4n) is 1.76. The van der Waals surface area contributed by atoms with E-state index in [-0.39, 0.29) is 11.8 Å². The first-order valence-electron chi connectivity index (χ1n) is 6.45. The van der Waals surface area contributed by atoms with E-state index in [0.29, 0.717) is 16.9 Å². The summed E-state index contributed by atoms with van der Waals surface area (Å²) in [5, 5.41) is 7.46. The Morgan fingerprint density at radius 3 is 2.38 bits per heavy atom. The maximum absolute atomic E-state index is 12.1. The molecule has 0 bridgehead atoms. The van der Waals surface area contributed by atoms with Gasteiger partial charge in [-0.25, -0.2) is 0 Å². The lowest BCUT2D eigenvalue weighted by atomic mass is 10.2. The summed E-state index contributed by atoms with van der Waals surface area (Å²) in [6.07, 6.45) is 1.84. The average Bonchev–Trinajstić information content (AvgIpc) is 2.91. The van der Waals surface area contributed by atoms with Crippen molar-refractivity contribution in [2.75, 3.05) is 10.6 Å². The second-order valence-corrected chi connectivity index (χ2v) is 5.54. The lowest BCUT2D eigenvalue weighted by Gasteiger charge is -2.08. The third-order valence-corrected chi connectivity index (χ3v) is 3.52. The minimum absolute atomic E-state index is 0.146. The SMILES string of the molecule is CC(=O)Nc1cccc(NC(=O)/C(C)=C/c2cccs2)c1. The van der Waals surface area contributed by atoms with Crippen LogP contribution in [0.2, 0.25) is 0 Å². The van der Waals surface area contributed by atoms with Crippen LogP contribution in [-0.2, 0) is 9.59 Å². The van der Waals surface area contributed by atoms with Crippen molar-refractivity contribution in [2.24, 2.45) is 0 Å². The molecule has 0 fully saturated rings. The van der Waals surface area contributed by atoms with Crippen LogP contribution in [0.4, 0.5) is 11.4 Å². The van der Waals surface area contributed by atoms with Crippen LogP contribution in [-0.4, -0.2) is 11.8 Å². The molecule has 1 heterocycles. The molecule has 2 rings (SSSR count). The molecule has 1 aromatic heterocycles. The van der Waals surface area contributed by atoms with E-state index in [1.54, 1.807) is 42.5 Å². The summed E-state index contributed by atoms with van der Waals surface area (Å²) in [7, 11) is 0. The van der Waals surface area contributed by atoms with E-state index in [0.717, 1.165) is 4.88 Å². The minimum Gasteiger partial charge on any atom is -0.326 e. The number of anilines is 2. The Hall–Kier alpha value is -2.40. The van der Waals surface area contributed by atoms with Crippen LogP contribution in [0.3, 0.4) is 0 Å². The number of thiophene rings is 1. The summed E-state index contributed by atoms with van der Waals surface area (Å²) >= 11 is 1.58. The third kappa shape index (κ3) is 4.57. The van der Waals surface area contributed by atoms with Gasteiger partial charge in [0.15, 0.2) is 0 Å². The van der Waals surface area contributed by atoms with Crippen molar-refractivity contribution in [3.05, 3.63) is 52.2 Å². The Bertz CT molecular complexity index is 675. The van der Waals surface area contributed by atoms with Gasteiger partial charge in [0.05, 0.1) is 0 Å². The fourth-order valence-corrected chi connectivity index (χ4v) is 2.48. The van der Waals surface area contributed by atoms with Gasteiger partial charge in [0.2, 0.25) is 5.91 Å². The van der Waals surface area contributed by atoms with Crippen molar-refractivity contribution < 1.29 is 9.59 Å². The summed E-state index contributed by atoms with van der Waals surface area (Å²) in [4.78, 5) is 24.2. The van der Waals surface area contributed by atoms with Crippen molar-refractivity contribution >= 4 is 40.6 Å². The molecule has 2 amide bonds. The number of hydrogen-bond donors (Lipinski definition) is 2. The lowest BCUT2D eigenvalue weighted by molar-refractivity contribution is -0.114. The van der Waals surface area contributed by atoms with E-state index in [2.05, 4.69) is 10.6 Å². The topological polar surface area (TPSA) is 58.2 Å². The van der Waals surface area contributed by atoms with Crippen molar-refractivity contribution in [2.45, 2.75) is 13.8 Å². The Morgan fingerprint density at radius 2 is 1.76 bits per heavy atom. The molecule has 0 aliphatic rings. The van der Waals surface area contributed by atoms with Gasteiger partial charge in [0.1, 0.15) is 0 Å². The Balaban J connectivity index is 2.07. The molecule has 4 nitrogen and oxygen atoms in total. The van der Waals surface area contributed by atoms with Gasteiger partial charge in [0, 0.05) is 28.7 Å². The number of rotatable bonds is 4. The van der Waals surface area contributed by atoms with E-state index in [4.69, 9.17) is 0 Å². The van der Waals surface area contributed by atoms with Crippen molar-refractivity contribution in [1.29, 1.82) is 0 Å². The highest BCUT2D eigenvalue weighted by molar-refractivity contribution is 7.10. The highest BCUT2D eigenvalue weighted by atomic mass is 32.1. The lowest BCUT2D eigenvalue weighted by Crippen LogP contribution is -2.13. The second kappa shape index (κ2) is 6.85. The van der Waals surface area contributed by atoms with Gasteiger partial charge in [0.25, 0.3) is 5.91 Å². The fraction of sp³-hybridized carbons (Fsp3) is 0.125. The van der Waals surface area contributed by atoms with Crippen LogP contribution in [0.5, 0.6) is 0 Å². The predicted molar refractivity (Wildman–Crippen MR) is 87.3 cm³/mol. The molecule has 0 unspecified atom stereocenters. The van der Waals surface area contributed by atoms with Gasteiger partial charge < -0.3 is 10.6 Å². The summed E-state index contributed by atoms with van der Waals surface area (Å²) < 4.78 is 0. The van der Waals surface area contributed by atoms with Gasteiger partial charge in [-0.2, -0.15) is 0 Å². The number of amides is 2. The van der Waals surface area contributed by atoms with Crippen LogP contribution in [0.25, 0.3) is 6.08 Å². The first-order chi connectivity index (χ1) is 10.0. The summed E-state index contributed by atoms with van der Waals surface area (Å²) in [5.74, 6) is -0.310. The summed E-state index contributed by atoms with van der Waals surface area (Å²) in [5.41, 5.74) is 1.92. The molecule has 0 saturated carbocycles. The maximum Gasteiger partial charge on any atom is 0.251 e. The van der Waals surface area contributed by atoms with Gasteiger partial charge in [-0.05, 0) is 42.6 Å². The number of hydrogen-bond acceptors (Lipinski definition) is 3. The highest BCUT2D eigenvalue weighted by Crippen LogP contribution is 2.17. The van der Waals surface area contributed by atoms with Gasteiger partial charge >= 0.3 is 0 Å². The van der Waals surface area contributed by atoms with Crippen LogP contribution in [0, 0.1) is 0 Å². The molecule has 0 radical (unpaired) electrons. The van der Waals surface area contributed by atoms with Crippen LogP contribution in [0.1, 0.15) is 18.7 Å². The quantitative estimate of drug-likeness (QED) is 0.845. The number of carbonyl (C=O) groups excluding carboxylic acids is 2. The smallest absolute Gasteiger partial charge is 0.251 e. The van der Waals surface area contributed by atoms with E-state index in [1.165, 1.54) is 6.92 Å². The van der Waals surface area contributed by atoms with Crippen LogP contribution < -0.4 is 10.6 Å². The first-order valence-corrected chi connectivity index (χ1v) is 7.33. The molecular weight excluding hydrogens is 284 g/mol. The van der Waals surface area contributed by atoms with E-state index >= 15 is 0 Å². The molecule has 1 aromatic carbocycles. The van der Waals surface area contributed by atoms with E-state index in [1.807, 2.05) is 23.6 Å². The predicted octanol–water partition coefficient (Wildman–Crippen LogP) is 3.75. The van der Waals surface area contributed by atoms with Crippen molar-refractivity contribution in [1.82, 2.24) is 0 Å². The zero-order valence-corrected chi connectivity index (χ0v) is 12.7. The molecule has 0 atom stereocenters. The molecule has 0 saturated heterocycles. The monoisotopic (exact) mass is 300 g/mol. The molecule has 0 spiro atoms. The summed E-state index contributed by atoms with van der Waals surface area (Å²) in [6, 6.07) is 10.9. The Labute approximate surface area is 127 Å². The van der Waals surface area contributed by atoms with Crippen LogP contribution >= 0.6 is 11.3 Å². The molecule has 21 heavy (non-hydrogen) atoms. The van der Waals surface area contributed by atoms with E-state index < -0.39 is 0 Å². The Morgan fingerprint density at radius 1 is 1.05 bits per heavy atom. The normalized spacial score (nSPS) is 11.0. The third-order valence-electron chi connectivity index (χ3n) is 2.70. The number of benzene rings is 1. The molecule has 108 valence electrons. The first kappa shape index (κ1) is 15.0. The number of nitrogens with one attached hydrogen (secondary N) is 2. The standard InChI is InChI=1S/C16H16N2O2S/c1-11(9-15-7-4-8-21-15)16(20)18-14-6-3-5-13(10-14)17-12(2)19/h3-10H,1-2H3,(H,17,19)(H,18,20)/b11-9+. The Kier molecular flexibility index (Phi) is 4.90. The molecule has 0 aliphatic heterocycles. The van der Waals surface area contributed by atoms with Gasteiger partial charge in [-0.1, -0.05) is 12.1 Å². The van der Waals surface area contributed by atoms with Crippen molar-refractivity contribution in [3.8, 4) is 0 Å². The largest absolute Gasteiger partial charge is 0.326 e. The van der Waals surface area contributed by atoms with E-state index in [9.17, 15) is 9.59 Å². The maximum atomic E-state index is 12.1. The van der Waals surface area contributed by atoms with Crippen molar-refractivity contribution in [3.63, 3.8) is 0 Å². The zero-order valence-electron chi connectivity index (χ0n) is 11.8. The molecule has 0 aliphatic carbocycles. The molecular formula is C16H16N2O2S. The van der Waals surface area contributed by atoms with Gasteiger partial charge in [-0.15, -0.1) is 11.3 Å². The second-order valence-electron chi connectivity index (χ2n) is 4.56.